The number of hydrogen-bond donors (Lipinski definition) is 1. The number of fused-ring (bicyclic) bond motifs is 1. The lowest BCUT2D eigenvalue weighted by Gasteiger charge is -2.40. The first-order valence-corrected chi connectivity index (χ1v) is 8.10. The molecule has 26 heavy (non-hydrogen) atoms. The Kier molecular flexibility index (Phi) is 4.30. The minimum atomic E-state index is -4.49. The van der Waals surface area contributed by atoms with Crippen LogP contribution in [0.4, 0.5) is 30.2 Å². The Morgan fingerprint density at radius 3 is 2.42 bits per heavy atom. The van der Waals surface area contributed by atoms with Gasteiger partial charge in [-0.15, -0.1) is 0 Å². The summed E-state index contributed by atoms with van der Waals surface area (Å²) in [6, 6.07) is 7.95. The fourth-order valence-electron chi connectivity index (χ4n) is 2.86. The maximum absolute atomic E-state index is 13.1. The van der Waals surface area contributed by atoms with Crippen LogP contribution in [-0.4, -0.2) is 18.6 Å². The van der Waals surface area contributed by atoms with E-state index in [1.807, 2.05) is 0 Å². The van der Waals surface area contributed by atoms with E-state index in [0.29, 0.717) is 22.1 Å². The molecule has 1 aliphatic rings. The highest BCUT2D eigenvalue weighted by Gasteiger charge is 2.42. The van der Waals surface area contributed by atoms with Gasteiger partial charge in [-0.25, -0.2) is 0 Å². The molecule has 0 spiro atoms. The number of ether oxygens (including phenoxy) is 1. The zero-order chi connectivity index (χ0) is 19.3. The molecule has 0 radical (unpaired) electrons. The summed E-state index contributed by atoms with van der Waals surface area (Å²) in [5.41, 5.74) is -1.06. The van der Waals surface area contributed by atoms with Gasteiger partial charge in [0.15, 0.2) is 0 Å². The van der Waals surface area contributed by atoms with Crippen LogP contribution < -0.4 is 15.0 Å². The van der Waals surface area contributed by atoms with E-state index in [1.165, 1.54) is 18.1 Å². The van der Waals surface area contributed by atoms with Crippen LogP contribution in [0, 0.1) is 0 Å². The van der Waals surface area contributed by atoms with Gasteiger partial charge in [0.05, 0.1) is 29.7 Å². The van der Waals surface area contributed by atoms with Gasteiger partial charge in [0.2, 0.25) is 0 Å². The molecule has 1 N–H and O–H groups in total. The second-order valence-corrected chi connectivity index (χ2v) is 6.87. The summed E-state index contributed by atoms with van der Waals surface area (Å²) in [6.45, 7) is 3.20. The monoisotopic (exact) mass is 384 g/mol. The molecule has 0 atom stereocenters. The van der Waals surface area contributed by atoms with Crippen LogP contribution in [0.3, 0.4) is 0 Å². The Morgan fingerprint density at radius 1 is 1.12 bits per heavy atom. The zero-order valence-electron chi connectivity index (χ0n) is 14.2. The lowest BCUT2D eigenvalue weighted by molar-refractivity contribution is -0.137. The lowest BCUT2D eigenvalue weighted by atomic mass is 9.96. The van der Waals surface area contributed by atoms with Crippen LogP contribution in [0.15, 0.2) is 36.4 Å². The molecular formula is C18H16ClF3N2O2. The predicted molar refractivity (Wildman–Crippen MR) is 94.3 cm³/mol. The Hall–Kier alpha value is -2.41. The van der Waals surface area contributed by atoms with Gasteiger partial charge in [-0.05, 0) is 50.2 Å². The third-order valence-electron chi connectivity index (χ3n) is 4.13. The molecule has 1 amide bonds. The van der Waals surface area contributed by atoms with Crippen molar-refractivity contribution in [3.05, 3.63) is 47.0 Å². The van der Waals surface area contributed by atoms with Crippen molar-refractivity contribution in [3.63, 3.8) is 0 Å². The third-order valence-corrected chi connectivity index (χ3v) is 4.37. The number of halogens is 4. The van der Waals surface area contributed by atoms with Crippen molar-refractivity contribution in [1.29, 1.82) is 0 Å². The Bertz CT molecular complexity index is 881. The number of hydrogen-bond acceptors (Lipinski definition) is 3. The van der Waals surface area contributed by atoms with E-state index in [2.05, 4.69) is 5.32 Å². The molecule has 8 heteroatoms. The molecule has 2 aromatic carbocycles. The molecule has 0 saturated carbocycles. The van der Waals surface area contributed by atoms with E-state index in [-0.39, 0.29) is 11.6 Å². The summed E-state index contributed by atoms with van der Waals surface area (Å²) in [4.78, 5) is 14.3. The second kappa shape index (κ2) is 6.09. The van der Waals surface area contributed by atoms with E-state index in [4.69, 9.17) is 16.3 Å². The third kappa shape index (κ3) is 3.07. The highest BCUT2D eigenvalue weighted by atomic mass is 35.5. The predicted octanol–water partition coefficient (Wildman–Crippen LogP) is 5.24. The average Bonchev–Trinajstić information content (AvgIpc) is 2.54. The number of benzene rings is 2. The lowest BCUT2D eigenvalue weighted by Crippen LogP contribution is -2.52. The molecular weight excluding hydrogens is 369 g/mol. The normalized spacial score (nSPS) is 16.1. The minimum Gasteiger partial charge on any atom is -0.495 e. The number of carbonyl (C=O) groups excluding carboxylic acids is 1. The highest BCUT2D eigenvalue weighted by Crippen LogP contribution is 2.45. The summed E-state index contributed by atoms with van der Waals surface area (Å²) in [6.07, 6.45) is -4.49. The van der Waals surface area contributed by atoms with E-state index in [0.717, 1.165) is 12.1 Å². The van der Waals surface area contributed by atoms with Gasteiger partial charge < -0.3 is 10.1 Å². The van der Waals surface area contributed by atoms with Crippen molar-refractivity contribution in [2.45, 2.75) is 25.6 Å². The van der Waals surface area contributed by atoms with Crippen LogP contribution in [0.25, 0.3) is 0 Å². The molecule has 3 rings (SSSR count). The molecule has 0 aromatic heterocycles. The van der Waals surface area contributed by atoms with Gasteiger partial charge in [0.1, 0.15) is 11.3 Å². The van der Waals surface area contributed by atoms with Gasteiger partial charge in [-0.3, -0.25) is 9.69 Å². The van der Waals surface area contributed by atoms with Crippen LogP contribution in [0.2, 0.25) is 5.02 Å². The summed E-state index contributed by atoms with van der Waals surface area (Å²) in [5.74, 6) is 0.0385. The van der Waals surface area contributed by atoms with Gasteiger partial charge >= 0.3 is 6.18 Å². The number of nitrogens with one attached hydrogen (secondary N) is 1. The Labute approximate surface area is 153 Å². The van der Waals surface area contributed by atoms with Crippen LogP contribution in [0.1, 0.15) is 19.4 Å². The molecule has 4 nitrogen and oxygen atoms in total. The van der Waals surface area contributed by atoms with Crippen molar-refractivity contribution in [1.82, 2.24) is 0 Å². The molecule has 1 heterocycles. The summed E-state index contributed by atoms with van der Waals surface area (Å²) < 4.78 is 44.5. The van der Waals surface area contributed by atoms with Gasteiger partial charge in [0.25, 0.3) is 5.91 Å². The highest BCUT2D eigenvalue weighted by molar-refractivity contribution is 6.31. The molecule has 0 unspecified atom stereocenters. The van der Waals surface area contributed by atoms with Gasteiger partial charge in [0, 0.05) is 5.02 Å². The van der Waals surface area contributed by atoms with Crippen molar-refractivity contribution in [2.75, 3.05) is 17.3 Å². The SMILES string of the molecule is COc1ccc(Cl)cc1N1C(=O)C(C)(C)Nc2cc(C(F)(F)F)ccc21. The number of alkyl halides is 3. The summed E-state index contributed by atoms with van der Waals surface area (Å²) in [7, 11) is 1.44. The van der Waals surface area contributed by atoms with E-state index < -0.39 is 17.3 Å². The van der Waals surface area contributed by atoms with E-state index in [9.17, 15) is 18.0 Å². The van der Waals surface area contributed by atoms with E-state index >= 15 is 0 Å². The Balaban J connectivity index is 2.24. The molecule has 0 bridgehead atoms. The second-order valence-electron chi connectivity index (χ2n) is 6.44. The minimum absolute atomic E-state index is 0.200. The first-order valence-electron chi connectivity index (χ1n) is 7.72. The van der Waals surface area contributed by atoms with Crippen molar-refractivity contribution in [3.8, 4) is 5.75 Å². The number of anilines is 3. The summed E-state index contributed by atoms with van der Waals surface area (Å²) >= 11 is 6.07. The van der Waals surface area contributed by atoms with Crippen molar-refractivity contribution < 1.29 is 22.7 Å². The fourth-order valence-corrected chi connectivity index (χ4v) is 3.03. The summed E-state index contributed by atoms with van der Waals surface area (Å²) in [5, 5.41) is 3.26. The smallest absolute Gasteiger partial charge is 0.416 e. The first-order chi connectivity index (χ1) is 12.0. The zero-order valence-corrected chi connectivity index (χ0v) is 15.0. The number of amides is 1. The van der Waals surface area contributed by atoms with Crippen molar-refractivity contribution in [2.24, 2.45) is 0 Å². The maximum Gasteiger partial charge on any atom is 0.416 e. The number of carbonyl (C=O) groups is 1. The topological polar surface area (TPSA) is 41.6 Å². The number of rotatable bonds is 2. The van der Waals surface area contributed by atoms with Crippen LogP contribution in [-0.2, 0) is 11.0 Å². The van der Waals surface area contributed by atoms with Gasteiger partial charge in [-0.1, -0.05) is 11.6 Å². The van der Waals surface area contributed by atoms with Gasteiger partial charge in [-0.2, -0.15) is 13.2 Å². The quantitative estimate of drug-likeness (QED) is 0.770. The molecule has 2 aromatic rings. The van der Waals surface area contributed by atoms with Crippen LogP contribution >= 0.6 is 11.6 Å². The largest absolute Gasteiger partial charge is 0.495 e. The van der Waals surface area contributed by atoms with Crippen molar-refractivity contribution >= 4 is 34.6 Å². The molecule has 0 saturated heterocycles. The first kappa shape index (κ1) is 18.4. The molecule has 1 aliphatic heterocycles. The molecule has 138 valence electrons. The maximum atomic E-state index is 13.1. The standard InChI is InChI=1S/C18H16ClF3N2O2/c1-17(2)16(25)24(14-9-11(19)5-7-15(14)26-3)13-6-4-10(18(20,21)22)8-12(13)23-17/h4-9,23H,1-3H3. The average molecular weight is 385 g/mol. The number of methoxy groups -OCH3 is 1. The fraction of sp³-hybridized carbons (Fsp3) is 0.278. The number of nitrogens with zero attached hydrogens (tertiary/aromatic N) is 1. The van der Waals surface area contributed by atoms with Crippen LogP contribution in [0.5, 0.6) is 5.75 Å². The molecule has 0 fully saturated rings. The van der Waals surface area contributed by atoms with E-state index in [1.54, 1.807) is 32.0 Å². The molecule has 0 aliphatic carbocycles. The Morgan fingerprint density at radius 2 is 1.81 bits per heavy atom.